The second-order valence-corrected chi connectivity index (χ2v) is 6.86. The molecule has 0 spiro atoms. The molecule has 0 bridgehead atoms. The van der Waals surface area contributed by atoms with Gasteiger partial charge in [0.2, 0.25) is 0 Å². The number of rotatable bonds is 8. The summed E-state index contributed by atoms with van der Waals surface area (Å²) in [6.45, 7) is 6.74. The molecule has 132 valence electrons. The Morgan fingerprint density at radius 2 is 1.96 bits per heavy atom. The fraction of sp³-hybridized carbons (Fsp3) is 0.562. The van der Waals surface area contributed by atoms with Crippen LogP contribution in [0.2, 0.25) is 0 Å². The van der Waals surface area contributed by atoms with Gasteiger partial charge in [0.05, 0.1) is 25.2 Å². The monoisotopic (exact) mass is 353 g/mol. The lowest BCUT2D eigenvalue weighted by Gasteiger charge is -2.22. The zero-order valence-corrected chi connectivity index (χ0v) is 15.0. The van der Waals surface area contributed by atoms with Crippen LogP contribution in [0.25, 0.3) is 10.2 Å². The van der Waals surface area contributed by atoms with Gasteiger partial charge >= 0.3 is 5.97 Å². The minimum Gasteiger partial charge on any atom is -0.461 e. The van der Waals surface area contributed by atoms with Gasteiger partial charge in [-0.1, -0.05) is 13.8 Å². The maximum Gasteiger partial charge on any atom is 0.348 e. The summed E-state index contributed by atoms with van der Waals surface area (Å²) in [5.74, 6) is 0.523. The van der Waals surface area contributed by atoms with E-state index >= 15 is 0 Å². The fourth-order valence-corrected chi connectivity index (χ4v) is 3.40. The van der Waals surface area contributed by atoms with Crippen molar-refractivity contribution < 1.29 is 19.7 Å². The quantitative estimate of drug-likeness (QED) is 0.696. The molecule has 8 heteroatoms. The van der Waals surface area contributed by atoms with Crippen molar-refractivity contribution in [3.05, 3.63) is 16.8 Å². The molecule has 0 aliphatic rings. The molecular formula is C16H23N3O4S. The zero-order chi connectivity index (χ0) is 17.7. The van der Waals surface area contributed by atoms with Crippen molar-refractivity contribution in [3.63, 3.8) is 0 Å². The molecule has 0 saturated heterocycles. The lowest BCUT2D eigenvalue weighted by molar-refractivity contribution is 0.0464. The van der Waals surface area contributed by atoms with Gasteiger partial charge in [0.15, 0.2) is 0 Å². The first kappa shape index (κ1) is 18.6. The van der Waals surface area contributed by atoms with Crippen LogP contribution in [0.4, 0.5) is 5.82 Å². The number of hydrogen-bond donors (Lipinski definition) is 2. The number of carbonyl (C=O) groups is 1. The number of fused-ring (bicyclic) bond motifs is 1. The Kier molecular flexibility index (Phi) is 6.47. The van der Waals surface area contributed by atoms with Crippen molar-refractivity contribution >= 4 is 33.3 Å². The number of thiophene rings is 1. The average molecular weight is 353 g/mol. The van der Waals surface area contributed by atoms with Gasteiger partial charge in [-0.25, -0.2) is 14.8 Å². The molecule has 2 heterocycles. The standard InChI is InChI=1S/C16H23N3O4S/c1-10(2)8-23-16(22)13-11(3)12-14(17-9-18-15(12)24-13)19(4-6-20)5-7-21/h9-10,20-21H,4-8H2,1-3H3. The molecule has 0 aromatic carbocycles. The fourth-order valence-electron chi connectivity index (χ4n) is 2.36. The molecule has 0 fully saturated rings. The summed E-state index contributed by atoms with van der Waals surface area (Å²) in [7, 11) is 0. The number of esters is 1. The molecule has 2 N–H and O–H groups in total. The summed E-state index contributed by atoms with van der Waals surface area (Å²) in [5, 5.41) is 19.3. The first-order valence-corrected chi connectivity index (χ1v) is 8.69. The van der Waals surface area contributed by atoms with Crippen LogP contribution < -0.4 is 4.90 Å². The van der Waals surface area contributed by atoms with E-state index in [0.29, 0.717) is 35.2 Å². The van der Waals surface area contributed by atoms with Crippen molar-refractivity contribution in [2.75, 3.05) is 37.8 Å². The molecule has 0 saturated carbocycles. The van der Waals surface area contributed by atoms with Gasteiger partial charge in [-0.15, -0.1) is 11.3 Å². The predicted molar refractivity (Wildman–Crippen MR) is 93.7 cm³/mol. The van der Waals surface area contributed by atoms with Crippen LogP contribution in [0.15, 0.2) is 6.33 Å². The molecule has 24 heavy (non-hydrogen) atoms. The van der Waals surface area contributed by atoms with E-state index in [0.717, 1.165) is 10.9 Å². The Morgan fingerprint density at radius 1 is 1.29 bits per heavy atom. The SMILES string of the molecule is Cc1c(C(=O)OCC(C)C)sc2ncnc(N(CCO)CCO)c12. The van der Waals surface area contributed by atoms with Crippen molar-refractivity contribution in [3.8, 4) is 0 Å². The normalized spacial score (nSPS) is 11.2. The van der Waals surface area contributed by atoms with Crippen LogP contribution in [0.5, 0.6) is 0 Å². The van der Waals surface area contributed by atoms with Gasteiger partial charge in [-0.05, 0) is 18.4 Å². The topological polar surface area (TPSA) is 95.8 Å². The largest absolute Gasteiger partial charge is 0.461 e. The lowest BCUT2D eigenvalue weighted by Crippen LogP contribution is -2.30. The molecule has 0 radical (unpaired) electrons. The van der Waals surface area contributed by atoms with Gasteiger partial charge in [0.25, 0.3) is 0 Å². The number of anilines is 1. The Balaban J connectivity index is 2.43. The number of ether oxygens (including phenoxy) is 1. The van der Waals surface area contributed by atoms with Crippen LogP contribution in [0.3, 0.4) is 0 Å². The highest BCUT2D eigenvalue weighted by Crippen LogP contribution is 2.35. The highest BCUT2D eigenvalue weighted by atomic mass is 32.1. The van der Waals surface area contributed by atoms with Crippen LogP contribution in [-0.4, -0.2) is 59.1 Å². The summed E-state index contributed by atoms with van der Waals surface area (Å²) in [5.41, 5.74) is 0.764. The highest BCUT2D eigenvalue weighted by Gasteiger charge is 2.22. The second-order valence-electron chi connectivity index (χ2n) is 5.86. The van der Waals surface area contributed by atoms with Gasteiger partial charge < -0.3 is 19.8 Å². The molecule has 0 atom stereocenters. The number of aromatic nitrogens is 2. The number of aliphatic hydroxyl groups excluding tert-OH is 2. The molecule has 2 aromatic rings. The van der Waals surface area contributed by atoms with Crippen molar-refractivity contribution in [1.82, 2.24) is 9.97 Å². The summed E-state index contributed by atoms with van der Waals surface area (Å²) in [4.78, 5) is 23.9. The molecule has 0 amide bonds. The van der Waals surface area contributed by atoms with E-state index in [2.05, 4.69) is 9.97 Å². The number of hydrogen-bond acceptors (Lipinski definition) is 8. The smallest absolute Gasteiger partial charge is 0.348 e. The molecular weight excluding hydrogens is 330 g/mol. The van der Waals surface area contributed by atoms with E-state index in [1.807, 2.05) is 20.8 Å². The van der Waals surface area contributed by atoms with E-state index in [-0.39, 0.29) is 25.1 Å². The van der Waals surface area contributed by atoms with Gasteiger partial charge in [-0.2, -0.15) is 0 Å². The summed E-state index contributed by atoms with van der Waals surface area (Å²) in [6.07, 6.45) is 1.43. The van der Waals surface area contributed by atoms with Crippen molar-refractivity contribution in [2.45, 2.75) is 20.8 Å². The Bertz CT molecular complexity index is 696. The Labute approximate surface area is 144 Å². The van der Waals surface area contributed by atoms with E-state index in [9.17, 15) is 15.0 Å². The van der Waals surface area contributed by atoms with Crippen molar-refractivity contribution in [2.24, 2.45) is 5.92 Å². The third kappa shape index (κ3) is 4.00. The lowest BCUT2D eigenvalue weighted by atomic mass is 10.2. The number of nitrogens with zero attached hydrogens (tertiary/aromatic N) is 3. The summed E-state index contributed by atoms with van der Waals surface area (Å²) >= 11 is 1.27. The van der Waals surface area contributed by atoms with Crippen LogP contribution in [-0.2, 0) is 4.74 Å². The van der Waals surface area contributed by atoms with Crippen molar-refractivity contribution in [1.29, 1.82) is 0 Å². The zero-order valence-electron chi connectivity index (χ0n) is 14.2. The molecule has 2 aromatic heterocycles. The van der Waals surface area contributed by atoms with E-state index < -0.39 is 0 Å². The minimum atomic E-state index is -0.356. The predicted octanol–water partition coefficient (Wildman–Crippen LogP) is 1.60. The van der Waals surface area contributed by atoms with Gasteiger partial charge in [-0.3, -0.25) is 0 Å². The Hall–Kier alpha value is -1.77. The molecule has 0 unspecified atom stereocenters. The molecule has 7 nitrogen and oxygen atoms in total. The summed E-state index contributed by atoms with van der Waals surface area (Å²) < 4.78 is 5.32. The third-order valence-corrected chi connectivity index (χ3v) is 4.66. The van der Waals surface area contributed by atoms with Crippen LogP contribution >= 0.6 is 11.3 Å². The Morgan fingerprint density at radius 3 is 2.54 bits per heavy atom. The average Bonchev–Trinajstić information content (AvgIpc) is 2.89. The first-order valence-electron chi connectivity index (χ1n) is 7.87. The van der Waals surface area contributed by atoms with Crippen LogP contribution in [0.1, 0.15) is 29.1 Å². The van der Waals surface area contributed by atoms with Crippen LogP contribution in [0, 0.1) is 12.8 Å². The molecule has 0 aliphatic heterocycles. The minimum absolute atomic E-state index is 0.0576. The van der Waals surface area contributed by atoms with Gasteiger partial charge in [0, 0.05) is 13.1 Å². The number of carbonyl (C=O) groups excluding carboxylic acids is 1. The number of aliphatic hydroxyl groups is 2. The molecule has 2 rings (SSSR count). The summed E-state index contributed by atoms with van der Waals surface area (Å²) in [6, 6.07) is 0. The van der Waals surface area contributed by atoms with E-state index in [4.69, 9.17) is 4.74 Å². The van der Waals surface area contributed by atoms with E-state index in [1.165, 1.54) is 17.7 Å². The third-order valence-electron chi connectivity index (χ3n) is 3.48. The highest BCUT2D eigenvalue weighted by molar-refractivity contribution is 7.20. The molecule has 0 aliphatic carbocycles. The van der Waals surface area contributed by atoms with Gasteiger partial charge in [0.1, 0.15) is 21.9 Å². The first-order chi connectivity index (χ1) is 11.5. The maximum atomic E-state index is 12.3. The maximum absolute atomic E-state index is 12.3. The number of aryl methyl sites for hydroxylation is 1. The second kappa shape index (κ2) is 8.36. The van der Waals surface area contributed by atoms with E-state index in [1.54, 1.807) is 4.90 Å².